The molecule has 0 amide bonds. The van der Waals surface area contributed by atoms with Crippen molar-refractivity contribution < 1.29 is 13.2 Å². The molecular formula is C23H29F3N6S. The maximum atomic E-state index is 12.9. The van der Waals surface area contributed by atoms with Crippen molar-refractivity contribution in [3.05, 3.63) is 35.2 Å². The molecule has 6 nitrogen and oxygen atoms in total. The number of fused-ring (bicyclic) bond motifs is 2. The van der Waals surface area contributed by atoms with E-state index in [1.807, 2.05) is 17.9 Å². The molecule has 0 bridgehead atoms. The minimum absolute atomic E-state index is 0.290. The maximum Gasteiger partial charge on any atom is 0.393 e. The lowest BCUT2D eigenvalue weighted by molar-refractivity contribution is -0.126. The average Bonchev–Trinajstić information content (AvgIpc) is 3.43. The summed E-state index contributed by atoms with van der Waals surface area (Å²) in [6.07, 6.45) is 1.55. The van der Waals surface area contributed by atoms with Crippen molar-refractivity contribution >= 4 is 27.4 Å². The minimum Gasteiger partial charge on any atom is -0.355 e. The van der Waals surface area contributed by atoms with Crippen molar-refractivity contribution in [1.29, 1.82) is 0 Å². The molecule has 0 radical (unpaired) electrons. The fourth-order valence-electron chi connectivity index (χ4n) is 5.66. The summed E-state index contributed by atoms with van der Waals surface area (Å²) in [6, 6.07) is 1.97. The van der Waals surface area contributed by atoms with Crippen LogP contribution in [-0.4, -0.2) is 57.0 Å². The molecule has 0 unspecified atom stereocenters. The topological polar surface area (TPSA) is 50.1 Å². The highest BCUT2D eigenvalue weighted by Gasteiger charge is 2.40. The zero-order valence-corrected chi connectivity index (χ0v) is 19.9. The predicted octanol–water partition coefficient (Wildman–Crippen LogP) is 4.69. The normalized spacial score (nSPS) is 22.9. The number of hydrogen-bond donors (Lipinski definition) is 0. The fourth-order valence-corrected chi connectivity index (χ4v) is 6.68. The summed E-state index contributed by atoms with van der Waals surface area (Å²) >= 11 is 1.12. The van der Waals surface area contributed by atoms with E-state index in [0.717, 1.165) is 55.1 Å². The summed E-state index contributed by atoms with van der Waals surface area (Å²) in [4.78, 5) is 14.5. The van der Waals surface area contributed by atoms with E-state index in [-0.39, 0.29) is 0 Å². The molecule has 3 aromatic rings. The third kappa shape index (κ3) is 4.59. The third-order valence-corrected chi connectivity index (χ3v) is 8.00. The Labute approximate surface area is 195 Å². The molecule has 2 saturated heterocycles. The Morgan fingerprint density at radius 1 is 1.15 bits per heavy atom. The number of alkyl halides is 3. The van der Waals surface area contributed by atoms with Gasteiger partial charge in [0.1, 0.15) is 17.0 Å². The Bertz CT molecular complexity index is 1120. The predicted molar refractivity (Wildman–Crippen MR) is 123 cm³/mol. The Balaban J connectivity index is 1.35. The number of likely N-dealkylation sites (tertiary alicyclic amines) is 1. The van der Waals surface area contributed by atoms with Crippen molar-refractivity contribution in [1.82, 2.24) is 24.6 Å². The molecule has 33 heavy (non-hydrogen) atoms. The quantitative estimate of drug-likeness (QED) is 0.533. The fraction of sp³-hybridized carbons (Fsp3) is 0.609. The maximum absolute atomic E-state index is 12.9. The summed E-state index contributed by atoms with van der Waals surface area (Å²) in [5, 5.41) is 5.13. The van der Waals surface area contributed by atoms with E-state index < -0.39 is 12.6 Å². The zero-order valence-electron chi connectivity index (χ0n) is 19.1. The Kier molecular flexibility index (Phi) is 5.84. The lowest BCUT2D eigenvalue weighted by atomic mass is 9.85. The summed E-state index contributed by atoms with van der Waals surface area (Å²) in [7, 11) is 1.95. The third-order valence-electron chi connectivity index (χ3n) is 6.96. The molecular weight excluding hydrogens is 449 g/mol. The van der Waals surface area contributed by atoms with Crippen LogP contribution < -0.4 is 4.90 Å². The van der Waals surface area contributed by atoms with Gasteiger partial charge in [0, 0.05) is 49.4 Å². The number of thiophene rings is 1. The first-order valence-corrected chi connectivity index (χ1v) is 12.3. The van der Waals surface area contributed by atoms with Crippen LogP contribution in [0.4, 0.5) is 19.0 Å². The number of aryl methyl sites for hydroxylation is 1. The molecule has 3 aromatic heterocycles. The summed E-state index contributed by atoms with van der Waals surface area (Å²) in [6.45, 7) is 8.34. The lowest BCUT2D eigenvalue weighted by Crippen LogP contribution is -2.43. The van der Waals surface area contributed by atoms with Gasteiger partial charge in [0.15, 0.2) is 0 Å². The van der Waals surface area contributed by atoms with Gasteiger partial charge in [0.2, 0.25) is 0 Å². The molecule has 5 heterocycles. The van der Waals surface area contributed by atoms with Crippen LogP contribution in [0.1, 0.15) is 36.8 Å². The first-order valence-electron chi connectivity index (χ1n) is 11.5. The van der Waals surface area contributed by atoms with Crippen molar-refractivity contribution in [2.75, 3.05) is 31.1 Å². The number of nitrogens with zero attached hydrogens (tertiary/aromatic N) is 6. The second kappa shape index (κ2) is 8.54. The minimum atomic E-state index is -4.22. The van der Waals surface area contributed by atoms with Gasteiger partial charge >= 0.3 is 6.18 Å². The van der Waals surface area contributed by atoms with Crippen LogP contribution in [0.3, 0.4) is 0 Å². The van der Waals surface area contributed by atoms with Gasteiger partial charge in [-0.2, -0.15) is 18.3 Å². The van der Waals surface area contributed by atoms with Crippen molar-refractivity contribution in [2.24, 2.45) is 24.8 Å². The Morgan fingerprint density at radius 3 is 2.64 bits per heavy atom. The van der Waals surface area contributed by atoms with Crippen LogP contribution in [0.5, 0.6) is 0 Å². The number of hydrogen-bond acceptors (Lipinski definition) is 6. The van der Waals surface area contributed by atoms with Gasteiger partial charge in [-0.1, -0.05) is 13.8 Å². The first-order chi connectivity index (χ1) is 15.7. The van der Waals surface area contributed by atoms with Gasteiger partial charge in [-0.25, -0.2) is 9.97 Å². The molecule has 0 aliphatic carbocycles. The van der Waals surface area contributed by atoms with Crippen LogP contribution in [0.2, 0.25) is 0 Å². The Morgan fingerprint density at radius 2 is 1.94 bits per heavy atom. The van der Waals surface area contributed by atoms with Crippen molar-refractivity contribution in [3.63, 3.8) is 0 Å². The molecule has 3 atom stereocenters. The smallest absolute Gasteiger partial charge is 0.355 e. The van der Waals surface area contributed by atoms with Gasteiger partial charge in [-0.3, -0.25) is 9.58 Å². The molecule has 2 aliphatic heterocycles. The van der Waals surface area contributed by atoms with Gasteiger partial charge in [-0.15, -0.1) is 11.3 Å². The van der Waals surface area contributed by atoms with E-state index in [1.165, 1.54) is 11.9 Å². The van der Waals surface area contributed by atoms with Gasteiger partial charge in [-0.05, 0) is 36.8 Å². The number of anilines is 1. The highest BCUT2D eigenvalue weighted by atomic mass is 32.1. The molecule has 0 aromatic carbocycles. The van der Waals surface area contributed by atoms with Crippen LogP contribution in [0.25, 0.3) is 10.2 Å². The van der Waals surface area contributed by atoms with E-state index in [2.05, 4.69) is 44.9 Å². The van der Waals surface area contributed by atoms with Gasteiger partial charge < -0.3 is 4.90 Å². The zero-order chi connectivity index (χ0) is 23.3. The van der Waals surface area contributed by atoms with Crippen molar-refractivity contribution in [3.8, 4) is 0 Å². The van der Waals surface area contributed by atoms with Crippen LogP contribution in [0.15, 0.2) is 24.8 Å². The molecule has 2 fully saturated rings. The van der Waals surface area contributed by atoms with E-state index in [1.54, 1.807) is 6.07 Å². The lowest BCUT2D eigenvalue weighted by Gasteiger charge is -2.40. The van der Waals surface area contributed by atoms with E-state index in [0.29, 0.717) is 33.5 Å². The average molecular weight is 479 g/mol. The summed E-state index contributed by atoms with van der Waals surface area (Å²) in [5.41, 5.74) is 1.26. The molecule has 0 spiro atoms. The number of aromatic nitrogens is 4. The summed E-state index contributed by atoms with van der Waals surface area (Å²) in [5.74, 6) is 2.33. The second-order valence-electron chi connectivity index (χ2n) is 9.77. The Hall–Kier alpha value is -2.20. The van der Waals surface area contributed by atoms with E-state index in [9.17, 15) is 13.2 Å². The number of rotatable bonds is 5. The molecule has 10 heteroatoms. The SMILES string of the molecule is CC(C)[C@H](c1cnn(C)c1)N1CC[C@@H]2CN(c3ncnc4sc(CC(F)(F)F)cc34)C[C@@H]2C1. The van der Waals surface area contributed by atoms with Crippen LogP contribution in [-0.2, 0) is 13.5 Å². The second-order valence-corrected chi connectivity index (χ2v) is 10.9. The number of piperidine rings is 1. The standard InChI is InChI=1S/C23H29F3N6S/c1-14(2)20(16-8-29-30(3)9-16)31-5-4-15-10-32(12-17(15)11-31)21-19-6-18(7-23(24,25)26)33-22(19)28-13-27-21/h6,8-9,13-15,17,20H,4-5,7,10-12H2,1-3H3/t15-,17+,20-/m1/s1. The van der Waals surface area contributed by atoms with Gasteiger partial charge in [0.05, 0.1) is 18.0 Å². The van der Waals surface area contributed by atoms with Gasteiger partial charge in [0.25, 0.3) is 0 Å². The van der Waals surface area contributed by atoms with Crippen LogP contribution >= 0.6 is 11.3 Å². The first kappa shape index (κ1) is 22.6. The number of halogens is 3. The van der Waals surface area contributed by atoms with E-state index >= 15 is 0 Å². The molecule has 0 N–H and O–H groups in total. The molecule has 2 aliphatic rings. The highest BCUT2D eigenvalue weighted by Crippen LogP contribution is 2.41. The van der Waals surface area contributed by atoms with Crippen molar-refractivity contribution in [2.45, 2.75) is 38.9 Å². The largest absolute Gasteiger partial charge is 0.393 e. The highest BCUT2D eigenvalue weighted by molar-refractivity contribution is 7.18. The molecule has 178 valence electrons. The van der Waals surface area contributed by atoms with Crippen LogP contribution in [0, 0.1) is 17.8 Å². The molecule has 0 saturated carbocycles. The monoisotopic (exact) mass is 478 g/mol. The molecule has 5 rings (SSSR count). The summed E-state index contributed by atoms with van der Waals surface area (Å²) < 4.78 is 40.6. The van der Waals surface area contributed by atoms with E-state index in [4.69, 9.17) is 0 Å².